The van der Waals surface area contributed by atoms with Gasteiger partial charge in [-0.1, -0.05) is 0 Å². The third-order valence-corrected chi connectivity index (χ3v) is 2.48. The van der Waals surface area contributed by atoms with Crippen LogP contribution in [0.1, 0.15) is 0 Å². The normalized spacial score (nSPS) is 54.5. The van der Waals surface area contributed by atoms with E-state index in [9.17, 15) is 10.2 Å². The van der Waals surface area contributed by atoms with E-state index in [1.54, 1.807) is 0 Å². The molecular formula is C7H12O6. The third-order valence-electron chi connectivity index (χ3n) is 2.48. The minimum absolute atomic E-state index is 0.461. The van der Waals surface area contributed by atoms with E-state index in [0.717, 1.165) is 0 Å². The third kappa shape index (κ3) is 1.04. The Kier molecular flexibility index (Phi) is 2.06. The van der Waals surface area contributed by atoms with Gasteiger partial charge >= 0.3 is 0 Å². The van der Waals surface area contributed by atoms with E-state index >= 15 is 0 Å². The maximum atomic E-state index is 9.44. The average molecular weight is 192 g/mol. The maximum absolute atomic E-state index is 9.44. The lowest BCUT2D eigenvalue weighted by molar-refractivity contribution is -0.498. The number of hydrogen-bond donors (Lipinski definition) is 3. The van der Waals surface area contributed by atoms with Gasteiger partial charge in [0.05, 0.1) is 0 Å². The van der Waals surface area contributed by atoms with Crippen LogP contribution in [0.4, 0.5) is 0 Å². The van der Waals surface area contributed by atoms with Gasteiger partial charge in [0.15, 0.2) is 6.29 Å². The van der Waals surface area contributed by atoms with Crippen molar-refractivity contribution in [3.05, 3.63) is 0 Å². The molecule has 6 heteroatoms. The molecule has 3 rings (SSSR count). The fraction of sp³-hybridized carbons (Fsp3) is 1.00. The van der Waals surface area contributed by atoms with E-state index in [1.165, 1.54) is 7.11 Å². The SMILES string of the molecule is COC1OC2(CO)OC(C1O)C2O. The summed E-state index contributed by atoms with van der Waals surface area (Å²) in [6.45, 7) is -0.461. The largest absolute Gasteiger partial charge is 0.391 e. The Hall–Kier alpha value is -0.240. The standard InChI is InChI=1S/C7H12O6/c1-11-6-3(9)4-5(10)7(2-8,12-4)13-6/h3-6,8-10H,2H2,1H3. The van der Waals surface area contributed by atoms with Crippen molar-refractivity contribution in [3.8, 4) is 0 Å². The summed E-state index contributed by atoms with van der Waals surface area (Å²) in [5, 5.41) is 27.8. The molecule has 0 spiro atoms. The van der Waals surface area contributed by atoms with E-state index in [4.69, 9.17) is 19.3 Å². The Morgan fingerprint density at radius 2 is 2.08 bits per heavy atom. The van der Waals surface area contributed by atoms with Crippen molar-refractivity contribution in [2.75, 3.05) is 13.7 Å². The van der Waals surface area contributed by atoms with Gasteiger partial charge in [-0.25, -0.2) is 0 Å². The summed E-state index contributed by atoms with van der Waals surface area (Å²) in [4.78, 5) is 0. The zero-order valence-corrected chi connectivity index (χ0v) is 7.08. The second kappa shape index (κ2) is 2.88. The van der Waals surface area contributed by atoms with Crippen molar-refractivity contribution in [1.29, 1.82) is 0 Å². The summed E-state index contributed by atoms with van der Waals surface area (Å²) in [7, 11) is 1.37. The molecule has 3 N–H and O–H groups in total. The van der Waals surface area contributed by atoms with Gasteiger partial charge in [-0.3, -0.25) is 0 Å². The lowest BCUT2D eigenvalue weighted by Crippen LogP contribution is -2.78. The minimum Gasteiger partial charge on any atom is -0.391 e. The Labute approximate surface area is 74.6 Å². The molecule has 3 fully saturated rings. The molecule has 0 aromatic rings. The Morgan fingerprint density at radius 1 is 1.38 bits per heavy atom. The van der Waals surface area contributed by atoms with Gasteiger partial charge in [0, 0.05) is 7.11 Å². The molecule has 3 aliphatic heterocycles. The second-order valence-electron chi connectivity index (χ2n) is 3.21. The number of ether oxygens (including phenoxy) is 3. The molecule has 5 atom stereocenters. The number of hydrogen-bond acceptors (Lipinski definition) is 6. The number of fused-ring (bicyclic) bond motifs is 2. The van der Waals surface area contributed by atoms with Crippen LogP contribution in [0.25, 0.3) is 0 Å². The van der Waals surface area contributed by atoms with Gasteiger partial charge in [-0.05, 0) is 0 Å². The summed E-state index contributed by atoms with van der Waals surface area (Å²) in [6.07, 6.45) is -3.60. The highest BCUT2D eigenvalue weighted by atomic mass is 16.8. The molecule has 0 aromatic heterocycles. The molecule has 3 saturated heterocycles. The molecule has 2 bridgehead atoms. The highest BCUT2D eigenvalue weighted by molar-refractivity contribution is 5.04. The van der Waals surface area contributed by atoms with Crippen molar-refractivity contribution >= 4 is 0 Å². The van der Waals surface area contributed by atoms with E-state index < -0.39 is 37.0 Å². The van der Waals surface area contributed by atoms with Crippen LogP contribution in [0.3, 0.4) is 0 Å². The van der Waals surface area contributed by atoms with Crippen molar-refractivity contribution in [2.24, 2.45) is 0 Å². The predicted octanol–water partition coefficient (Wildman–Crippen LogP) is -2.20. The average Bonchev–Trinajstić information content (AvgIpc) is 2.17. The van der Waals surface area contributed by atoms with Crippen molar-refractivity contribution in [3.63, 3.8) is 0 Å². The van der Waals surface area contributed by atoms with Crippen LogP contribution in [0, 0.1) is 0 Å². The van der Waals surface area contributed by atoms with Crippen LogP contribution in [0.5, 0.6) is 0 Å². The van der Waals surface area contributed by atoms with Gasteiger partial charge < -0.3 is 29.5 Å². The van der Waals surface area contributed by atoms with E-state index in [0.29, 0.717) is 0 Å². The smallest absolute Gasteiger partial charge is 0.224 e. The zero-order valence-electron chi connectivity index (χ0n) is 7.08. The molecule has 0 saturated carbocycles. The molecule has 13 heavy (non-hydrogen) atoms. The van der Waals surface area contributed by atoms with Gasteiger partial charge in [0.1, 0.15) is 24.9 Å². The predicted molar refractivity (Wildman–Crippen MR) is 38.6 cm³/mol. The number of rotatable bonds is 2. The molecule has 76 valence electrons. The van der Waals surface area contributed by atoms with Gasteiger partial charge in [0.2, 0.25) is 5.79 Å². The van der Waals surface area contributed by atoms with Crippen molar-refractivity contribution < 1.29 is 29.5 Å². The molecule has 3 heterocycles. The summed E-state index contributed by atoms with van der Waals surface area (Å²) in [6, 6.07) is 0. The highest BCUT2D eigenvalue weighted by Crippen LogP contribution is 2.43. The Morgan fingerprint density at radius 3 is 2.54 bits per heavy atom. The summed E-state index contributed by atoms with van der Waals surface area (Å²) in [5.41, 5.74) is 0. The summed E-state index contributed by atoms with van der Waals surface area (Å²) >= 11 is 0. The van der Waals surface area contributed by atoms with Gasteiger partial charge in [-0.2, -0.15) is 0 Å². The van der Waals surface area contributed by atoms with E-state index in [1.807, 2.05) is 0 Å². The van der Waals surface area contributed by atoms with Crippen molar-refractivity contribution in [1.82, 2.24) is 0 Å². The monoisotopic (exact) mass is 192 g/mol. The highest BCUT2D eigenvalue weighted by Gasteiger charge is 2.65. The van der Waals surface area contributed by atoms with Gasteiger partial charge in [0.25, 0.3) is 0 Å². The minimum atomic E-state index is -1.40. The first kappa shape index (κ1) is 9.32. The number of aliphatic hydroxyl groups is 3. The molecule has 0 aromatic carbocycles. The lowest BCUT2D eigenvalue weighted by Gasteiger charge is -2.58. The van der Waals surface area contributed by atoms with Crippen LogP contribution in [-0.2, 0) is 14.2 Å². The summed E-state index contributed by atoms with van der Waals surface area (Å²) < 4.78 is 14.9. The first-order valence-corrected chi connectivity index (χ1v) is 4.00. The lowest BCUT2D eigenvalue weighted by atomic mass is 9.89. The Balaban J connectivity index is 2.13. The van der Waals surface area contributed by atoms with Crippen LogP contribution in [-0.4, -0.2) is 59.4 Å². The molecular weight excluding hydrogens is 180 g/mol. The number of aliphatic hydroxyl groups excluding tert-OH is 3. The first-order chi connectivity index (χ1) is 6.14. The molecule has 5 unspecified atom stereocenters. The molecule has 0 radical (unpaired) electrons. The zero-order chi connectivity index (χ0) is 9.64. The molecule has 0 aliphatic carbocycles. The second-order valence-corrected chi connectivity index (χ2v) is 3.21. The van der Waals surface area contributed by atoms with Crippen LogP contribution in [0.2, 0.25) is 0 Å². The van der Waals surface area contributed by atoms with Crippen LogP contribution in [0.15, 0.2) is 0 Å². The number of methoxy groups -OCH3 is 1. The Bertz CT molecular complexity index is 202. The maximum Gasteiger partial charge on any atom is 0.224 e. The van der Waals surface area contributed by atoms with E-state index in [-0.39, 0.29) is 0 Å². The van der Waals surface area contributed by atoms with Crippen molar-refractivity contribution in [2.45, 2.75) is 30.4 Å². The molecule has 0 amide bonds. The molecule has 6 nitrogen and oxygen atoms in total. The summed E-state index contributed by atoms with van der Waals surface area (Å²) in [5.74, 6) is -1.40. The molecule has 3 aliphatic rings. The quantitative estimate of drug-likeness (QED) is 0.460. The fourth-order valence-corrected chi connectivity index (χ4v) is 1.67. The van der Waals surface area contributed by atoms with E-state index in [2.05, 4.69) is 0 Å². The van der Waals surface area contributed by atoms with Crippen LogP contribution >= 0.6 is 0 Å². The van der Waals surface area contributed by atoms with Gasteiger partial charge in [-0.15, -0.1) is 0 Å². The first-order valence-electron chi connectivity index (χ1n) is 4.00. The topological polar surface area (TPSA) is 88.4 Å². The van der Waals surface area contributed by atoms with Crippen LogP contribution < -0.4 is 0 Å². The fourth-order valence-electron chi connectivity index (χ4n) is 1.67.